The second-order valence-electron chi connectivity index (χ2n) is 15.7. The first-order chi connectivity index (χ1) is 24.1. The van der Waals surface area contributed by atoms with Gasteiger partial charge in [-0.05, 0) is 12.8 Å². The molecule has 0 aliphatic rings. The average Bonchev–Trinajstić information content (AvgIpc) is 3.06. The van der Waals surface area contributed by atoms with E-state index in [0.717, 1.165) is 32.1 Å². The van der Waals surface area contributed by atoms with E-state index in [-0.39, 0.29) is 25.8 Å². The van der Waals surface area contributed by atoms with E-state index >= 15 is 0 Å². The van der Waals surface area contributed by atoms with Gasteiger partial charge in [0.15, 0.2) is 0 Å². The highest BCUT2D eigenvalue weighted by atomic mass is 31.2. The van der Waals surface area contributed by atoms with Gasteiger partial charge in [0, 0.05) is 13.0 Å². The van der Waals surface area contributed by atoms with Crippen LogP contribution in [0.2, 0.25) is 0 Å². The highest BCUT2D eigenvalue weighted by Crippen LogP contribution is 2.38. The molecule has 2 atom stereocenters. The van der Waals surface area contributed by atoms with Gasteiger partial charge in [0.25, 0.3) is 7.82 Å². The molecule has 8 nitrogen and oxygen atoms in total. The van der Waals surface area contributed by atoms with E-state index in [1.807, 2.05) is 21.1 Å². The molecule has 0 amide bonds. The summed E-state index contributed by atoms with van der Waals surface area (Å²) in [6, 6.07) is 0. The Bertz CT molecular complexity index is 777. The van der Waals surface area contributed by atoms with Crippen molar-refractivity contribution in [1.29, 1.82) is 0 Å². The summed E-state index contributed by atoms with van der Waals surface area (Å²) >= 11 is 0. The van der Waals surface area contributed by atoms with Crippen LogP contribution < -0.4 is 4.89 Å². The van der Waals surface area contributed by atoms with Crippen LogP contribution in [-0.2, 0) is 27.9 Å². The molecule has 0 saturated carbocycles. The summed E-state index contributed by atoms with van der Waals surface area (Å²) in [7, 11) is 1.37. The molecule has 0 aromatic rings. The van der Waals surface area contributed by atoms with Gasteiger partial charge in [0.1, 0.15) is 19.3 Å². The van der Waals surface area contributed by atoms with Crippen LogP contribution in [0.1, 0.15) is 200 Å². The first-order valence-electron chi connectivity index (χ1n) is 21.3. The van der Waals surface area contributed by atoms with Gasteiger partial charge in [-0.3, -0.25) is 9.36 Å². The van der Waals surface area contributed by atoms with Crippen molar-refractivity contribution in [2.45, 2.75) is 206 Å². The summed E-state index contributed by atoms with van der Waals surface area (Å²) in [5.74, 6) is -0.330. The molecule has 0 fully saturated rings. The molecule has 0 saturated heterocycles. The smallest absolute Gasteiger partial charge is 0.306 e. The lowest BCUT2D eigenvalue weighted by atomic mass is 10.0. The van der Waals surface area contributed by atoms with Crippen molar-refractivity contribution < 1.29 is 37.3 Å². The Balaban J connectivity index is 4.07. The maximum Gasteiger partial charge on any atom is 0.306 e. The van der Waals surface area contributed by atoms with Crippen molar-refractivity contribution in [2.24, 2.45) is 0 Å². The van der Waals surface area contributed by atoms with Crippen molar-refractivity contribution in [2.75, 3.05) is 54.1 Å². The lowest BCUT2D eigenvalue weighted by Gasteiger charge is -2.28. The van der Waals surface area contributed by atoms with Crippen LogP contribution in [0, 0.1) is 0 Å². The molecule has 50 heavy (non-hydrogen) atoms. The zero-order chi connectivity index (χ0) is 37.0. The van der Waals surface area contributed by atoms with Crippen molar-refractivity contribution in [3.8, 4) is 0 Å². The Morgan fingerprint density at radius 1 is 0.540 bits per heavy atom. The van der Waals surface area contributed by atoms with Crippen LogP contribution in [0.15, 0.2) is 0 Å². The predicted octanol–water partition coefficient (Wildman–Crippen LogP) is 11.5. The van der Waals surface area contributed by atoms with Gasteiger partial charge in [0.2, 0.25) is 0 Å². The third-order valence-electron chi connectivity index (χ3n) is 9.41. The zero-order valence-electron chi connectivity index (χ0n) is 33.9. The number of carbonyl (C=O) groups is 1. The van der Waals surface area contributed by atoms with Gasteiger partial charge >= 0.3 is 5.97 Å². The summed E-state index contributed by atoms with van der Waals surface area (Å²) in [5.41, 5.74) is 0. The third-order valence-corrected chi connectivity index (χ3v) is 10.4. The number of quaternary nitrogens is 1. The van der Waals surface area contributed by atoms with E-state index in [1.54, 1.807) is 0 Å². The summed E-state index contributed by atoms with van der Waals surface area (Å²) in [6.07, 6.45) is 35.5. The Hall–Kier alpha value is -0.500. The topological polar surface area (TPSA) is 94.1 Å². The van der Waals surface area contributed by atoms with E-state index in [2.05, 4.69) is 13.8 Å². The van der Waals surface area contributed by atoms with Gasteiger partial charge in [-0.2, -0.15) is 0 Å². The molecule has 9 heteroatoms. The molecule has 0 aromatic heterocycles. The molecule has 0 radical (unpaired) electrons. The number of hydrogen-bond donors (Lipinski definition) is 0. The predicted molar refractivity (Wildman–Crippen MR) is 208 cm³/mol. The largest absolute Gasteiger partial charge is 0.756 e. The number of rotatable bonds is 40. The van der Waals surface area contributed by atoms with Gasteiger partial charge in [-0.1, -0.05) is 181 Å². The molecule has 0 aromatic carbocycles. The molecule has 300 valence electrons. The first-order valence-corrected chi connectivity index (χ1v) is 22.7. The van der Waals surface area contributed by atoms with Crippen molar-refractivity contribution >= 4 is 13.8 Å². The maximum atomic E-state index is 12.6. The normalized spacial score (nSPS) is 13.8. The van der Waals surface area contributed by atoms with Crippen LogP contribution >= 0.6 is 7.82 Å². The zero-order valence-corrected chi connectivity index (χ0v) is 34.8. The van der Waals surface area contributed by atoms with Crippen LogP contribution in [0.5, 0.6) is 0 Å². The van der Waals surface area contributed by atoms with Crippen LogP contribution in [0.3, 0.4) is 0 Å². The SMILES string of the molecule is CCCCCCCCCCCCCCCCCCCCCCC(=O)OC(COCCCCCCCCCC)COP(=O)([O-])OCC[N+](C)(C)C. The highest BCUT2D eigenvalue weighted by molar-refractivity contribution is 7.45. The number of ether oxygens (including phenoxy) is 2. The number of esters is 1. The van der Waals surface area contributed by atoms with Gasteiger partial charge < -0.3 is 27.9 Å². The van der Waals surface area contributed by atoms with Crippen molar-refractivity contribution in [1.82, 2.24) is 0 Å². The summed E-state index contributed by atoms with van der Waals surface area (Å²) in [6.45, 7) is 5.43. The second kappa shape index (κ2) is 35.5. The number of unbranched alkanes of at least 4 members (excludes halogenated alkanes) is 26. The molecule has 2 unspecified atom stereocenters. The van der Waals surface area contributed by atoms with Gasteiger partial charge in [0.05, 0.1) is 34.4 Å². The van der Waals surface area contributed by atoms with E-state index in [1.165, 1.54) is 148 Å². The van der Waals surface area contributed by atoms with Gasteiger partial charge in [-0.15, -0.1) is 0 Å². The summed E-state index contributed by atoms with van der Waals surface area (Å²) in [5, 5.41) is 0. The Morgan fingerprint density at radius 2 is 0.920 bits per heavy atom. The molecule has 0 aliphatic heterocycles. The van der Waals surface area contributed by atoms with Gasteiger partial charge in [-0.25, -0.2) is 0 Å². The number of hydrogen-bond acceptors (Lipinski definition) is 7. The molecule has 0 N–H and O–H groups in total. The van der Waals surface area contributed by atoms with Crippen molar-refractivity contribution in [3.63, 3.8) is 0 Å². The minimum atomic E-state index is -4.51. The number of likely N-dealkylation sites (N-methyl/N-ethyl adjacent to an activating group) is 1. The summed E-state index contributed by atoms with van der Waals surface area (Å²) in [4.78, 5) is 24.9. The van der Waals surface area contributed by atoms with Crippen molar-refractivity contribution in [3.05, 3.63) is 0 Å². The lowest BCUT2D eigenvalue weighted by Crippen LogP contribution is -2.37. The molecule has 0 bridgehead atoms. The van der Waals surface area contributed by atoms with Crippen LogP contribution in [0.25, 0.3) is 0 Å². The molecular formula is C41H84NO7P. The third kappa shape index (κ3) is 38.7. The second-order valence-corrected chi connectivity index (χ2v) is 17.1. The Labute approximate surface area is 310 Å². The number of phosphoric ester groups is 1. The van der Waals surface area contributed by atoms with E-state index in [9.17, 15) is 14.3 Å². The minimum absolute atomic E-state index is 0.0309. The minimum Gasteiger partial charge on any atom is -0.756 e. The standard InChI is InChI=1S/C41H84NO7P/c1-6-8-10-12-14-16-17-18-19-20-21-22-23-24-25-26-27-28-30-32-34-41(43)49-40(38-46-36-33-31-29-15-13-11-9-7-2)39-48-50(44,45)47-37-35-42(3,4)5/h40H,6-39H2,1-5H3. The average molecular weight is 734 g/mol. The number of carbonyl (C=O) groups excluding carboxylic acids is 1. The maximum absolute atomic E-state index is 12.6. The first kappa shape index (κ1) is 49.5. The van der Waals surface area contributed by atoms with Crippen LogP contribution in [0.4, 0.5) is 0 Å². The monoisotopic (exact) mass is 734 g/mol. The highest BCUT2D eigenvalue weighted by Gasteiger charge is 2.20. The number of nitrogens with zero attached hydrogens (tertiary/aromatic N) is 1. The fourth-order valence-corrected chi connectivity index (χ4v) is 6.81. The molecule has 0 rings (SSSR count). The van der Waals surface area contributed by atoms with E-state index < -0.39 is 13.9 Å². The number of phosphoric acid groups is 1. The fraction of sp³-hybridized carbons (Fsp3) is 0.976. The molecular weight excluding hydrogens is 649 g/mol. The van der Waals surface area contributed by atoms with E-state index in [0.29, 0.717) is 24.1 Å². The summed E-state index contributed by atoms with van der Waals surface area (Å²) < 4.78 is 34.4. The lowest BCUT2D eigenvalue weighted by molar-refractivity contribution is -0.870. The fourth-order valence-electron chi connectivity index (χ4n) is 6.08. The molecule has 0 heterocycles. The van der Waals surface area contributed by atoms with Crippen LogP contribution in [-0.4, -0.2) is 70.7 Å². The van der Waals surface area contributed by atoms with E-state index in [4.69, 9.17) is 18.5 Å². The molecule has 0 spiro atoms. The molecule has 0 aliphatic carbocycles. The quantitative estimate of drug-likeness (QED) is 0.0268. The Kier molecular flexibility index (Phi) is 35.2. The Morgan fingerprint density at radius 3 is 1.32 bits per heavy atom.